The van der Waals surface area contributed by atoms with Crippen LogP contribution >= 0.6 is 0 Å². The van der Waals surface area contributed by atoms with E-state index in [0.29, 0.717) is 11.4 Å². The van der Waals surface area contributed by atoms with Crippen LogP contribution in [0.2, 0.25) is 0 Å². The van der Waals surface area contributed by atoms with Crippen molar-refractivity contribution in [2.75, 3.05) is 10.6 Å². The zero-order chi connectivity index (χ0) is 15.2. The molecule has 0 saturated heterocycles. The Morgan fingerprint density at radius 3 is 2.43 bits per heavy atom. The van der Waals surface area contributed by atoms with Gasteiger partial charge in [-0.15, -0.1) is 0 Å². The zero-order valence-corrected chi connectivity index (χ0v) is 11.5. The van der Waals surface area contributed by atoms with Crippen LogP contribution in [-0.4, -0.2) is 16.4 Å². The second kappa shape index (κ2) is 6.51. The van der Waals surface area contributed by atoms with E-state index in [9.17, 15) is 14.4 Å². The molecule has 6 heteroatoms. The minimum atomic E-state index is -0.316. The molecule has 6 nitrogen and oxygen atoms in total. The Bertz CT molecular complexity index is 722. The van der Waals surface area contributed by atoms with Crippen molar-refractivity contribution in [2.45, 2.75) is 13.5 Å². The molecule has 1 heterocycles. The lowest BCUT2D eigenvalue weighted by atomic mass is 10.2. The predicted octanol–water partition coefficient (Wildman–Crippen LogP) is 1.45. The molecule has 0 atom stereocenters. The number of rotatable bonds is 4. The zero-order valence-electron chi connectivity index (χ0n) is 11.5. The van der Waals surface area contributed by atoms with Crippen molar-refractivity contribution in [1.29, 1.82) is 0 Å². The first-order valence-electron chi connectivity index (χ1n) is 6.37. The molecule has 108 valence electrons. The second-order valence-corrected chi connectivity index (χ2v) is 4.48. The third-order valence-corrected chi connectivity index (χ3v) is 2.68. The fourth-order valence-corrected chi connectivity index (χ4v) is 1.82. The van der Waals surface area contributed by atoms with Crippen molar-refractivity contribution >= 4 is 23.2 Å². The lowest BCUT2D eigenvalue weighted by Crippen LogP contribution is -2.26. The number of nitrogens with zero attached hydrogens (tertiary/aromatic N) is 1. The maximum Gasteiger partial charge on any atom is 0.250 e. The molecule has 2 N–H and O–H groups in total. The lowest BCUT2D eigenvalue weighted by molar-refractivity contribution is -0.117. The van der Waals surface area contributed by atoms with Crippen LogP contribution < -0.4 is 16.2 Å². The fourth-order valence-electron chi connectivity index (χ4n) is 1.82. The quantitative estimate of drug-likeness (QED) is 0.892. The van der Waals surface area contributed by atoms with Gasteiger partial charge in [-0.2, -0.15) is 0 Å². The molecule has 0 aliphatic carbocycles. The predicted molar refractivity (Wildman–Crippen MR) is 80.1 cm³/mol. The van der Waals surface area contributed by atoms with Crippen LogP contribution in [0.3, 0.4) is 0 Å². The van der Waals surface area contributed by atoms with E-state index in [2.05, 4.69) is 10.6 Å². The molecule has 0 spiro atoms. The molecule has 2 amide bonds. The molecular formula is C15H15N3O3. The third-order valence-electron chi connectivity index (χ3n) is 2.68. The summed E-state index contributed by atoms with van der Waals surface area (Å²) in [4.78, 5) is 34.4. The number of anilines is 2. The Morgan fingerprint density at radius 2 is 1.76 bits per heavy atom. The number of benzene rings is 1. The normalized spacial score (nSPS) is 9.95. The van der Waals surface area contributed by atoms with Gasteiger partial charge in [-0.3, -0.25) is 14.4 Å². The van der Waals surface area contributed by atoms with E-state index < -0.39 is 0 Å². The number of carbonyl (C=O) groups excluding carboxylic acids is 2. The first-order chi connectivity index (χ1) is 10.0. The summed E-state index contributed by atoms with van der Waals surface area (Å²) in [5.74, 6) is -0.502. The number of nitrogens with one attached hydrogen (secondary N) is 2. The van der Waals surface area contributed by atoms with Gasteiger partial charge in [0.2, 0.25) is 11.8 Å². The van der Waals surface area contributed by atoms with Crippen molar-refractivity contribution in [2.24, 2.45) is 0 Å². The molecule has 0 bridgehead atoms. The number of amides is 2. The number of pyridine rings is 1. The number of aromatic nitrogens is 1. The highest BCUT2D eigenvalue weighted by Gasteiger charge is 2.05. The molecule has 21 heavy (non-hydrogen) atoms. The molecule has 1 aromatic carbocycles. The summed E-state index contributed by atoms with van der Waals surface area (Å²) in [5, 5.41) is 5.31. The van der Waals surface area contributed by atoms with Gasteiger partial charge in [0.05, 0.1) is 0 Å². The van der Waals surface area contributed by atoms with Gasteiger partial charge >= 0.3 is 0 Å². The van der Waals surface area contributed by atoms with Crippen molar-refractivity contribution in [3.8, 4) is 0 Å². The molecule has 0 saturated carbocycles. The highest BCUT2D eigenvalue weighted by Crippen LogP contribution is 2.14. The van der Waals surface area contributed by atoms with E-state index in [1.54, 1.807) is 42.6 Å². The monoisotopic (exact) mass is 285 g/mol. The van der Waals surface area contributed by atoms with Crippen molar-refractivity contribution in [1.82, 2.24) is 4.57 Å². The Balaban J connectivity index is 2.04. The summed E-state index contributed by atoms with van der Waals surface area (Å²) in [6, 6.07) is 11.5. The van der Waals surface area contributed by atoms with Crippen molar-refractivity contribution in [3.05, 3.63) is 59.0 Å². The van der Waals surface area contributed by atoms with Gasteiger partial charge in [-0.1, -0.05) is 12.1 Å². The van der Waals surface area contributed by atoms with Gasteiger partial charge in [0.15, 0.2) is 0 Å². The fraction of sp³-hybridized carbons (Fsp3) is 0.133. The van der Waals surface area contributed by atoms with Gasteiger partial charge in [-0.25, -0.2) is 0 Å². The first kappa shape index (κ1) is 14.5. The topological polar surface area (TPSA) is 80.2 Å². The van der Waals surface area contributed by atoms with Gasteiger partial charge in [-0.05, 0) is 24.3 Å². The summed E-state index contributed by atoms with van der Waals surface area (Å²) in [6.45, 7) is 1.34. The van der Waals surface area contributed by atoms with Crippen molar-refractivity contribution in [3.63, 3.8) is 0 Å². The maximum absolute atomic E-state index is 11.9. The highest BCUT2D eigenvalue weighted by molar-refractivity contribution is 5.93. The van der Waals surface area contributed by atoms with E-state index >= 15 is 0 Å². The molecule has 0 unspecified atom stereocenters. The summed E-state index contributed by atoms with van der Waals surface area (Å²) in [7, 11) is 0. The molecule has 1 aromatic heterocycles. The standard InChI is InChI=1S/C15H15N3O3/c1-11(19)16-12-5-4-6-13(9-12)17-14(20)10-18-8-3-2-7-15(18)21/h2-9H,10H2,1H3,(H,16,19)(H,17,20). The number of hydrogen-bond donors (Lipinski definition) is 2. The Hall–Kier alpha value is -2.89. The van der Waals surface area contributed by atoms with Crippen LogP contribution in [0.25, 0.3) is 0 Å². The molecule has 0 fully saturated rings. The van der Waals surface area contributed by atoms with E-state index in [1.807, 2.05) is 0 Å². The van der Waals surface area contributed by atoms with E-state index in [1.165, 1.54) is 17.6 Å². The highest BCUT2D eigenvalue weighted by atomic mass is 16.2. The summed E-state index contributed by atoms with van der Waals surface area (Å²) in [5.41, 5.74) is 0.909. The number of hydrogen-bond acceptors (Lipinski definition) is 3. The average molecular weight is 285 g/mol. The van der Waals surface area contributed by atoms with Crippen LogP contribution in [0.15, 0.2) is 53.5 Å². The van der Waals surface area contributed by atoms with Crippen LogP contribution in [0.4, 0.5) is 11.4 Å². The second-order valence-electron chi connectivity index (χ2n) is 4.48. The van der Waals surface area contributed by atoms with Crippen molar-refractivity contribution < 1.29 is 9.59 Å². The van der Waals surface area contributed by atoms with Crippen LogP contribution in [0.5, 0.6) is 0 Å². The SMILES string of the molecule is CC(=O)Nc1cccc(NC(=O)Cn2ccccc2=O)c1. The summed E-state index contributed by atoms with van der Waals surface area (Å²) < 4.78 is 1.31. The Kier molecular flexibility index (Phi) is 4.50. The van der Waals surface area contributed by atoms with E-state index in [-0.39, 0.29) is 23.9 Å². The smallest absolute Gasteiger partial charge is 0.250 e. The molecule has 2 aromatic rings. The van der Waals surface area contributed by atoms with E-state index in [4.69, 9.17) is 0 Å². The first-order valence-corrected chi connectivity index (χ1v) is 6.37. The van der Waals surface area contributed by atoms with Gasteiger partial charge in [0, 0.05) is 30.6 Å². The minimum Gasteiger partial charge on any atom is -0.326 e. The minimum absolute atomic E-state index is 0.0654. The Labute approximate surface area is 121 Å². The largest absolute Gasteiger partial charge is 0.326 e. The number of carbonyl (C=O) groups is 2. The van der Waals surface area contributed by atoms with Gasteiger partial charge in [0.1, 0.15) is 6.54 Å². The Morgan fingerprint density at radius 1 is 1.05 bits per heavy atom. The van der Waals surface area contributed by atoms with Crippen LogP contribution in [0, 0.1) is 0 Å². The molecule has 0 aliphatic rings. The van der Waals surface area contributed by atoms with Crippen LogP contribution in [0.1, 0.15) is 6.92 Å². The summed E-state index contributed by atoms with van der Waals surface area (Å²) >= 11 is 0. The molecule has 0 radical (unpaired) electrons. The van der Waals surface area contributed by atoms with Crippen LogP contribution in [-0.2, 0) is 16.1 Å². The van der Waals surface area contributed by atoms with Gasteiger partial charge in [0.25, 0.3) is 5.56 Å². The third kappa shape index (κ3) is 4.31. The summed E-state index contributed by atoms with van der Waals surface area (Å²) in [6.07, 6.45) is 1.55. The van der Waals surface area contributed by atoms with E-state index in [0.717, 1.165) is 0 Å². The van der Waals surface area contributed by atoms with Gasteiger partial charge < -0.3 is 15.2 Å². The maximum atomic E-state index is 11.9. The molecule has 0 aliphatic heterocycles. The molecule has 2 rings (SSSR count). The average Bonchev–Trinajstić information content (AvgIpc) is 2.41. The molecular weight excluding hydrogens is 270 g/mol. The lowest BCUT2D eigenvalue weighted by Gasteiger charge is -2.09.